The van der Waals surface area contributed by atoms with Crippen molar-refractivity contribution in [3.8, 4) is 17.2 Å². The highest BCUT2D eigenvalue weighted by Crippen LogP contribution is 2.32. The topological polar surface area (TPSA) is 66.9 Å². The third-order valence-corrected chi connectivity index (χ3v) is 7.62. The molecule has 1 fully saturated rings. The Bertz CT molecular complexity index is 1430. The summed E-state index contributed by atoms with van der Waals surface area (Å²) in [6.45, 7) is 4.69. The average Bonchev–Trinajstić information content (AvgIpc) is 3.00. The number of nitrogens with zero attached hydrogens (tertiary/aromatic N) is 3. The second-order valence-corrected chi connectivity index (χ2v) is 10.4. The third kappa shape index (κ3) is 6.61. The van der Waals surface area contributed by atoms with Crippen molar-refractivity contribution in [1.82, 2.24) is 20.1 Å². The number of nitrogens with one attached hydrogen (secondary N) is 1. The molecule has 1 N–H and O–H groups in total. The van der Waals surface area contributed by atoms with Crippen molar-refractivity contribution >= 4 is 16.8 Å². The monoisotopic (exact) mass is 538 g/mol. The van der Waals surface area contributed by atoms with E-state index in [0.717, 1.165) is 72.7 Å². The van der Waals surface area contributed by atoms with Gasteiger partial charge in [0.05, 0.1) is 12.6 Å². The summed E-state index contributed by atoms with van der Waals surface area (Å²) in [5.41, 5.74) is 3.68. The number of carbonyl (C=O) groups is 1. The molecule has 1 amide bonds. The minimum absolute atomic E-state index is 0.0589. The van der Waals surface area contributed by atoms with Crippen LogP contribution in [0.2, 0.25) is 0 Å². The van der Waals surface area contributed by atoms with Gasteiger partial charge in [0, 0.05) is 55.3 Å². The van der Waals surface area contributed by atoms with E-state index in [1.54, 1.807) is 18.1 Å². The summed E-state index contributed by atoms with van der Waals surface area (Å²) in [6.07, 6.45) is 2.16. The van der Waals surface area contributed by atoms with Crippen molar-refractivity contribution in [3.63, 3.8) is 0 Å². The smallest absolute Gasteiger partial charge is 0.254 e. The number of pyridine rings is 1. The van der Waals surface area contributed by atoms with Crippen molar-refractivity contribution in [2.45, 2.75) is 25.3 Å². The van der Waals surface area contributed by atoms with Gasteiger partial charge in [-0.1, -0.05) is 24.3 Å². The Morgan fingerprint density at radius 1 is 0.975 bits per heavy atom. The molecule has 0 unspecified atom stereocenters. The number of aromatic nitrogens is 1. The maximum absolute atomic E-state index is 13.5. The van der Waals surface area contributed by atoms with Crippen molar-refractivity contribution < 1.29 is 14.3 Å². The van der Waals surface area contributed by atoms with Gasteiger partial charge in [0.25, 0.3) is 5.91 Å². The molecule has 1 saturated heterocycles. The lowest BCUT2D eigenvalue weighted by atomic mass is 9.91. The third-order valence-electron chi connectivity index (χ3n) is 7.62. The van der Waals surface area contributed by atoms with Gasteiger partial charge in [0.2, 0.25) is 0 Å². The lowest BCUT2D eigenvalue weighted by Crippen LogP contribution is -2.37. The van der Waals surface area contributed by atoms with E-state index in [1.165, 1.54) is 0 Å². The first-order chi connectivity index (χ1) is 19.5. The molecule has 0 atom stereocenters. The minimum Gasteiger partial charge on any atom is -0.497 e. The van der Waals surface area contributed by atoms with E-state index in [-0.39, 0.29) is 5.91 Å². The lowest BCUT2D eigenvalue weighted by Gasteiger charge is -2.32. The fourth-order valence-corrected chi connectivity index (χ4v) is 5.36. The molecule has 0 aliphatic carbocycles. The van der Waals surface area contributed by atoms with Crippen LogP contribution >= 0.6 is 0 Å². The molecule has 208 valence electrons. The van der Waals surface area contributed by atoms with Crippen LogP contribution in [0.5, 0.6) is 17.2 Å². The van der Waals surface area contributed by atoms with Gasteiger partial charge in [-0.25, -0.2) is 0 Å². The predicted octanol–water partition coefficient (Wildman–Crippen LogP) is 5.71. The van der Waals surface area contributed by atoms with Crippen LogP contribution in [-0.2, 0) is 6.54 Å². The molecular weight excluding hydrogens is 500 g/mol. The van der Waals surface area contributed by atoms with Gasteiger partial charge in [-0.05, 0) is 87.1 Å². The maximum atomic E-state index is 13.5. The minimum atomic E-state index is -0.0589. The first kappa shape index (κ1) is 27.6. The number of hydrogen-bond donors (Lipinski definition) is 1. The van der Waals surface area contributed by atoms with Crippen LogP contribution in [-0.4, -0.2) is 68.1 Å². The molecule has 0 spiro atoms. The lowest BCUT2D eigenvalue weighted by molar-refractivity contribution is 0.0785. The molecule has 40 heavy (non-hydrogen) atoms. The Morgan fingerprint density at radius 3 is 2.50 bits per heavy atom. The zero-order valence-corrected chi connectivity index (χ0v) is 23.6. The number of para-hydroxylation sites is 1. The molecule has 1 aliphatic heterocycles. The maximum Gasteiger partial charge on any atom is 0.254 e. The molecule has 1 aromatic heterocycles. The van der Waals surface area contributed by atoms with Crippen LogP contribution in [0, 0.1) is 0 Å². The molecule has 3 aromatic carbocycles. The number of methoxy groups -OCH3 is 1. The number of carbonyl (C=O) groups excluding carboxylic acids is 1. The number of hydrogen-bond acceptors (Lipinski definition) is 6. The SMILES string of the molecule is CNCCN1CCC(c2cc(CN(C)C(=O)c3cccc(Oc4ccccc4)c3)c3ccc(OC)cc3n2)CC1. The van der Waals surface area contributed by atoms with Crippen molar-refractivity contribution in [3.05, 3.63) is 95.7 Å². The van der Waals surface area contributed by atoms with E-state index in [4.69, 9.17) is 14.5 Å². The van der Waals surface area contributed by atoms with Crippen molar-refractivity contribution in [2.24, 2.45) is 0 Å². The summed E-state index contributed by atoms with van der Waals surface area (Å²) in [5, 5.41) is 4.28. The van der Waals surface area contributed by atoms with Crippen LogP contribution in [0.1, 0.15) is 40.4 Å². The Kier molecular flexibility index (Phi) is 8.94. The van der Waals surface area contributed by atoms with Crippen LogP contribution in [0.25, 0.3) is 10.9 Å². The van der Waals surface area contributed by atoms with E-state index < -0.39 is 0 Å². The van der Waals surface area contributed by atoms with Gasteiger partial charge in [-0.3, -0.25) is 9.78 Å². The highest BCUT2D eigenvalue weighted by Gasteiger charge is 2.23. The number of likely N-dealkylation sites (tertiary alicyclic amines) is 1. The van der Waals surface area contributed by atoms with Crippen LogP contribution in [0.15, 0.2) is 78.9 Å². The number of ether oxygens (including phenoxy) is 2. The van der Waals surface area contributed by atoms with Gasteiger partial charge in [-0.15, -0.1) is 0 Å². The average molecular weight is 539 g/mol. The zero-order chi connectivity index (χ0) is 27.9. The number of piperidine rings is 1. The fraction of sp³-hybridized carbons (Fsp3) is 0.333. The summed E-state index contributed by atoms with van der Waals surface area (Å²) in [7, 11) is 5.52. The summed E-state index contributed by atoms with van der Waals surface area (Å²) in [6, 6.07) is 25.2. The number of benzene rings is 3. The number of fused-ring (bicyclic) bond motifs is 1. The van der Waals surface area contributed by atoms with Gasteiger partial charge in [-0.2, -0.15) is 0 Å². The Morgan fingerprint density at radius 2 is 1.75 bits per heavy atom. The molecule has 5 rings (SSSR count). The molecule has 7 nitrogen and oxygen atoms in total. The second-order valence-electron chi connectivity index (χ2n) is 10.4. The fourth-order valence-electron chi connectivity index (χ4n) is 5.36. The largest absolute Gasteiger partial charge is 0.497 e. The second kappa shape index (κ2) is 12.9. The summed E-state index contributed by atoms with van der Waals surface area (Å²) in [4.78, 5) is 22.9. The van der Waals surface area contributed by atoms with E-state index in [9.17, 15) is 4.79 Å². The molecule has 2 heterocycles. The molecule has 7 heteroatoms. The quantitative estimate of drug-likeness (QED) is 0.279. The first-order valence-corrected chi connectivity index (χ1v) is 14.0. The first-order valence-electron chi connectivity index (χ1n) is 14.0. The predicted molar refractivity (Wildman–Crippen MR) is 159 cm³/mol. The summed E-state index contributed by atoms with van der Waals surface area (Å²) >= 11 is 0. The number of likely N-dealkylation sites (N-methyl/N-ethyl adjacent to an activating group) is 1. The molecule has 4 aromatic rings. The Balaban J connectivity index is 1.37. The molecular formula is C33H38N4O3. The van der Waals surface area contributed by atoms with E-state index >= 15 is 0 Å². The zero-order valence-electron chi connectivity index (χ0n) is 23.6. The van der Waals surface area contributed by atoms with Crippen molar-refractivity contribution in [2.75, 3.05) is 47.4 Å². The standard InChI is InChI=1S/C33H38N4O3/c1-34-16-19-37-17-14-24(15-18-37)31-21-26(30-13-12-28(39-3)22-32(30)35-31)23-36(2)33(38)25-8-7-11-29(20-25)40-27-9-5-4-6-10-27/h4-13,20-22,24,34H,14-19,23H2,1-3H3. The molecule has 0 bridgehead atoms. The highest BCUT2D eigenvalue weighted by molar-refractivity contribution is 5.95. The van der Waals surface area contributed by atoms with Crippen LogP contribution < -0.4 is 14.8 Å². The van der Waals surface area contributed by atoms with Gasteiger partial charge < -0.3 is 24.6 Å². The summed E-state index contributed by atoms with van der Waals surface area (Å²) in [5.74, 6) is 2.49. The van der Waals surface area contributed by atoms with Crippen LogP contribution in [0.4, 0.5) is 0 Å². The number of rotatable bonds is 10. The van der Waals surface area contributed by atoms with E-state index in [0.29, 0.717) is 23.8 Å². The van der Waals surface area contributed by atoms with Crippen molar-refractivity contribution in [1.29, 1.82) is 0 Å². The number of amides is 1. The molecule has 1 aliphatic rings. The Hall–Kier alpha value is -3.94. The molecule has 0 radical (unpaired) electrons. The molecule has 0 saturated carbocycles. The summed E-state index contributed by atoms with van der Waals surface area (Å²) < 4.78 is 11.5. The van der Waals surface area contributed by atoms with Gasteiger partial charge in [0.1, 0.15) is 17.2 Å². The van der Waals surface area contributed by atoms with Gasteiger partial charge in [0.15, 0.2) is 0 Å². The van der Waals surface area contributed by atoms with E-state index in [1.807, 2.05) is 80.8 Å². The Labute approximate surface area is 236 Å². The highest BCUT2D eigenvalue weighted by atomic mass is 16.5. The van der Waals surface area contributed by atoms with Crippen LogP contribution in [0.3, 0.4) is 0 Å². The normalized spacial score (nSPS) is 14.3. The van der Waals surface area contributed by atoms with E-state index in [2.05, 4.69) is 16.3 Å². The van der Waals surface area contributed by atoms with Gasteiger partial charge >= 0.3 is 0 Å².